The lowest BCUT2D eigenvalue weighted by atomic mass is 10.1. The minimum absolute atomic E-state index is 0.256. The summed E-state index contributed by atoms with van der Waals surface area (Å²) in [6.45, 7) is 6.72. The minimum atomic E-state index is 0.256. The molecule has 1 atom stereocenters. The molecule has 3 aromatic rings. The highest BCUT2D eigenvalue weighted by atomic mass is 16.5. The average molecular weight is 478 g/mol. The van der Waals surface area contributed by atoms with Gasteiger partial charge in [0.1, 0.15) is 6.73 Å². The summed E-state index contributed by atoms with van der Waals surface area (Å²) in [5.74, 6) is 0.256. The number of hydrogen-bond donors (Lipinski definition) is 4. The summed E-state index contributed by atoms with van der Waals surface area (Å²) in [5.41, 5.74) is 3.41. The van der Waals surface area contributed by atoms with Crippen LogP contribution in [0.3, 0.4) is 0 Å². The van der Waals surface area contributed by atoms with Crippen molar-refractivity contribution >= 4 is 16.5 Å². The SMILES string of the molecule is C=C(O)CCCC(CCNCOCc1cc2ccccc2cc1NCOC)NCc1ccccc1. The molecule has 0 heterocycles. The zero-order valence-electron chi connectivity index (χ0n) is 20.8. The van der Waals surface area contributed by atoms with Crippen molar-refractivity contribution < 1.29 is 14.6 Å². The first kappa shape index (κ1) is 26.7. The molecule has 4 N–H and O–H groups in total. The van der Waals surface area contributed by atoms with E-state index in [0.717, 1.165) is 43.6 Å². The van der Waals surface area contributed by atoms with Gasteiger partial charge in [0, 0.05) is 37.4 Å². The Morgan fingerprint density at radius 2 is 1.71 bits per heavy atom. The fourth-order valence-corrected chi connectivity index (χ4v) is 4.06. The van der Waals surface area contributed by atoms with Crippen molar-refractivity contribution in [2.45, 2.75) is 44.9 Å². The summed E-state index contributed by atoms with van der Waals surface area (Å²) in [6, 6.07) is 23.4. The van der Waals surface area contributed by atoms with Gasteiger partial charge in [0.2, 0.25) is 0 Å². The second kappa shape index (κ2) is 15.2. The van der Waals surface area contributed by atoms with Crippen molar-refractivity contribution in [2.24, 2.45) is 0 Å². The molecule has 0 aliphatic carbocycles. The standard InChI is InChI=1S/C29H39N3O3/c1-23(33)9-8-14-28(31-19-24-10-4-3-5-11-24)15-16-30-21-35-20-27-17-25-12-6-7-13-26(25)18-29(27)32-22-34-2/h3-7,10-13,17-18,28,30-33H,1,8-9,14-16,19-22H2,2H3. The second-order valence-corrected chi connectivity index (χ2v) is 8.77. The molecule has 0 spiro atoms. The molecule has 0 fully saturated rings. The number of aliphatic hydroxyl groups is 1. The van der Waals surface area contributed by atoms with Gasteiger partial charge in [-0.25, -0.2) is 0 Å². The summed E-state index contributed by atoms with van der Waals surface area (Å²) in [5, 5.41) is 22.2. The lowest BCUT2D eigenvalue weighted by Crippen LogP contribution is -2.33. The summed E-state index contributed by atoms with van der Waals surface area (Å²) in [6.07, 6.45) is 3.52. The van der Waals surface area contributed by atoms with Crippen LogP contribution in [0, 0.1) is 0 Å². The summed E-state index contributed by atoms with van der Waals surface area (Å²) < 4.78 is 11.1. The number of benzene rings is 3. The Hall–Kier alpha value is -2.90. The van der Waals surface area contributed by atoms with Crippen molar-refractivity contribution in [3.05, 3.63) is 90.2 Å². The minimum Gasteiger partial charge on any atom is -0.513 e. The van der Waals surface area contributed by atoms with Crippen LogP contribution < -0.4 is 16.0 Å². The number of ether oxygens (including phenoxy) is 2. The molecule has 6 nitrogen and oxygen atoms in total. The third kappa shape index (κ3) is 9.70. The van der Waals surface area contributed by atoms with Gasteiger partial charge in [-0.3, -0.25) is 5.32 Å². The molecule has 0 amide bonds. The van der Waals surface area contributed by atoms with Crippen molar-refractivity contribution in [3.63, 3.8) is 0 Å². The average Bonchev–Trinajstić information content (AvgIpc) is 2.87. The first-order valence-corrected chi connectivity index (χ1v) is 12.3. The Labute approximate surface area is 209 Å². The fraction of sp³-hybridized carbons (Fsp3) is 0.379. The van der Waals surface area contributed by atoms with Gasteiger partial charge >= 0.3 is 0 Å². The van der Waals surface area contributed by atoms with Crippen LogP contribution in [0.1, 0.15) is 36.8 Å². The number of fused-ring (bicyclic) bond motifs is 1. The molecule has 188 valence electrons. The maximum Gasteiger partial charge on any atom is 0.116 e. The van der Waals surface area contributed by atoms with Gasteiger partial charge in [0.15, 0.2) is 0 Å². The highest BCUT2D eigenvalue weighted by molar-refractivity contribution is 5.87. The molecule has 0 radical (unpaired) electrons. The first-order chi connectivity index (χ1) is 17.2. The Balaban J connectivity index is 1.44. The molecule has 0 aliphatic heterocycles. The largest absolute Gasteiger partial charge is 0.513 e. The van der Waals surface area contributed by atoms with Crippen LogP contribution in [0.2, 0.25) is 0 Å². The molecule has 0 bridgehead atoms. The van der Waals surface area contributed by atoms with Crippen LogP contribution in [0.25, 0.3) is 10.8 Å². The molecule has 0 aromatic heterocycles. The topological polar surface area (TPSA) is 74.8 Å². The molecule has 0 saturated carbocycles. The van der Waals surface area contributed by atoms with Crippen LogP contribution in [-0.4, -0.2) is 38.3 Å². The molecule has 0 aliphatic rings. The van der Waals surface area contributed by atoms with Gasteiger partial charge in [-0.2, -0.15) is 0 Å². The zero-order valence-corrected chi connectivity index (χ0v) is 20.8. The van der Waals surface area contributed by atoms with Crippen LogP contribution in [0.15, 0.2) is 79.1 Å². The predicted molar refractivity (Wildman–Crippen MR) is 144 cm³/mol. The number of methoxy groups -OCH3 is 1. The summed E-state index contributed by atoms with van der Waals surface area (Å²) >= 11 is 0. The van der Waals surface area contributed by atoms with E-state index in [0.29, 0.717) is 32.5 Å². The number of rotatable bonds is 17. The molecule has 3 rings (SSSR count). The third-order valence-electron chi connectivity index (χ3n) is 5.97. The molecule has 0 saturated heterocycles. The van der Waals surface area contributed by atoms with Crippen molar-refractivity contribution in [1.29, 1.82) is 0 Å². The molecule has 35 heavy (non-hydrogen) atoms. The normalized spacial score (nSPS) is 12.0. The van der Waals surface area contributed by atoms with Gasteiger partial charge in [0.25, 0.3) is 0 Å². The van der Waals surface area contributed by atoms with E-state index >= 15 is 0 Å². The van der Waals surface area contributed by atoms with E-state index in [2.05, 4.69) is 77.1 Å². The molecule has 6 heteroatoms. The predicted octanol–water partition coefficient (Wildman–Crippen LogP) is 5.71. The van der Waals surface area contributed by atoms with Crippen molar-refractivity contribution in [2.75, 3.05) is 32.4 Å². The Morgan fingerprint density at radius 1 is 0.971 bits per heavy atom. The third-order valence-corrected chi connectivity index (χ3v) is 5.97. The highest BCUT2D eigenvalue weighted by Gasteiger charge is 2.09. The lowest BCUT2D eigenvalue weighted by molar-refractivity contribution is 0.103. The Bertz CT molecular complexity index is 1030. The smallest absolute Gasteiger partial charge is 0.116 e. The second-order valence-electron chi connectivity index (χ2n) is 8.77. The maximum absolute atomic E-state index is 9.41. The van der Waals surface area contributed by atoms with Gasteiger partial charge in [-0.15, -0.1) is 0 Å². The number of aliphatic hydroxyl groups excluding tert-OH is 1. The van der Waals surface area contributed by atoms with E-state index < -0.39 is 0 Å². The van der Waals surface area contributed by atoms with E-state index in [4.69, 9.17) is 9.47 Å². The quantitative estimate of drug-likeness (QED) is 0.113. The van der Waals surface area contributed by atoms with Crippen LogP contribution in [0.5, 0.6) is 0 Å². The monoisotopic (exact) mass is 477 g/mol. The van der Waals surface area contributed by atoms with E-state index in [1.807, 2.05) is 12.1 Å². The molecular formula is C29H39N3O3. The van der Waals surface area contributed by atoms with E-state index in [9.17, 15) is 5.11 Å². The van der Waals surface area contributed by atoms with Gasteiger partial charge < -0.3 is 25.2 Å². The fourth-order valence-electron chi connectivity index (χ4n) is 4.06. The number of allylic oxidation sites excluding steroid dienone is 1. The van der Waals surface area contributed by atoms with Crippen molar-refractivity contribution in [3.8, 4) is 0 Å². The highest BCUT2D eigenvalue weighted by Crippen LogP contribution is 2.25. The number of anilines is 1. The van der Waals surface area contributed by atoms with Crippen LogP contribution >= 0.6 is 0 Å². The van der Waals surface area contributed by atoms with Gasteiger partial charge in [-0.1, -0.05) is 61.2 Å². The first-order valence-electron chi connectivity index (χ1n) is 12.3. The van der Waals surface area contributed by atoms with Crippen LogP contribution in [-0.2, 0) is 22.6 Å². The number of nitrogens with one attached hydrogen (secondary N) is 3. The lowest BCUT2D eigenvalue weighted by Gasteiger charge is -2.19. The van der Waals surface area contributed by atoms with E-state index in [1.165, 1.54) is 16.3 Å². The van der Waals surface area contributed by atoms with Gasteiger partial charge in [0.05, 0.1) is 19.1 Å². The van der Waals surface area contributed by atoms with E-state index in [1.54, 1.807) is 7.11 Å². The Kier molecular flexibility index (Phi) is 11.6. The zero-order chi connectivity index (χ0) is 24.7. The summed E-state index contributed by atoms with van der Waals surface area (Å²) in [7, 11) is 1.68. The van der Waals surface area contributed by atoms with Crippen LogP contribution in [0.4, 0.5) is 5.69 Å². The maximum atomic E-state index is 9.41. The van der Waals surface area contributed by atoms with E-state index in [-0.39, 0.29) is 5.76 Å². The van der Waals surface area contributed by atoms with Crippen molar-refractivity contribution in [1.82, 2.24) is 10.6 Å². The number of hydrogen-bond acceptors (Lipinski definition) is 6. The van der Waals surface area contributed by atoms with Gasteiger partial charge in [-0.05, 0) is 54.3 Å². The molecule has 3 aromatic carbocycles. The molecule has 1 unspecified atom stereocenters. The molecular weight excluding hydrogens is 438 g/mol. The summed E-state index contributed by atoms with van der Waals surface area (Å²) in [4.78, 5) is 0. The Morgan fingerprint density at radius 3 is 2.46 bits per heavy atom.